The maximum Gasteiger partial charge on any atom is 0.245 e. The molecule has 0 radical (unpaired) electrons. The summed E-state index contributed by atoms with van der Waals surface area (Å²) in [5.41, 5.74) is 0. The summed E-state index contributed by atoms with van der Waals surface area (Å²) in [6.07, 6.45) is 5.05. The molecule has 0 heterocycles. The van der Waals surface area contributed by atoms with E-state index in [4.69, 9.17) is 4.84 Å². The number of hydrogen-bond donors (Lipinski definition) is 0. The zero-order valence-corrected chi connectivity index (χ0v) is 9.97. The zero-order chi connectivity index (χ0) is 10.1. The first-order valence-electron chi connectivity index (χ1n) is 4.59. The number of hydroxylamine groups is 2. The summed E-state index contributed by atoms with van der Waals surface area (Å²) in [6, 6.07) is 0. The van der Waals surface area contributed by atoms with Crippen LogP contribution in [0.3, 0.4) is 0 Å². The lowest BCUT2D eigenvalue weighted by molar-refractivity contribution is -0.168. The van der Waals surface area contributed by atoms with E-state index in [2.05, 4.69) is 15.9 Å². The highest BCUT2D eigenvalue weighted by Crippen LogP contribution is 2.05. The monoisotopic (exact) mass is 251 g/mol. The van der Waals surface area contributed by atoms with E-state index < -0.39 is 0 Å². The van der Waals surface area contributed by atoms with Gasteiger partial charge in [0, 0.05) is 18.8 Å². The van der Waals surface area contributed by atoms with Crippen LogP contribution in [0.2, 0.25) is 0 Å². The van der Waals surface area contributed by atoms with Crippen molar-refractivity contribution in [1.29, 1.82) is 0 Å². The molecular formula is C9H18BrNO2. The Kier molecular flexibility index (Phi) is 8.45. The summed E-state index contributed by atoms with van der Waals surface area (Å²) in [6.45, 7) is 0. The fourth-order valence-corrected chi connectivity index (χ4v) is 1.38. The Morgan fingerprint density at radius 2 is 1.92 bits per heavy atom. The molecule has 0 aliphatic carbocycles. The summed E-state index contributed by atoms with van der Waals surface area (Å²) >= 11 is 3.37. The van der Waals surface area contributed by atoms with Gasteiger partial charge < -0.3 is 0 Å². The van der Waals surface area contributed by atoms with Gasteiger partial charge in [0.2, 0.25) is 5.91 Å². The van der Waals surface area contributed by atoms with E-state index in [0.29, 0.717) is 6.42 Å². The lowest BCUT2D eigenvalue weighted by atomic mass is 10.1. The topological polar surface area (TPSA) is 29.5 Å². The predicted octanol–water partition coefficient (Wildman–Crippen LogP) is 2.35. The molecule has 0 atom stereocenters. The van der Waals surface area contributed by atoms with Crippen molar-refractivity contribution in [1.82, 2.24) is 5.06 Å². The third-order valence-corrected chi connectivity index (χ3v) is 2.46. The fourth-order valence-electron chi connectivity index (χ4n) is 0.984. The third kappa shape index (κ3) is 7.02. The van der Waals surface area contributed by atoms with E-state index in [1.165, 1.54) is 25.0 Å². The van der Waals surface area contributed by atoms with Crippen molar-refractivity contribution >= 4 is 21.8 Å². The summed E-state index contributed by atoms with van der Waals surface area (Å²) < 4.78 is 0. The van der Waals surface area contributed by atoms with Crippen LogP contribution in [0.15, 0.2) is 0 Å². The average Bonchev–Trinajstić information content (AvgIpc) is 2.16. The Labute approximate surface area is 88.5 Å². The third-order valence-electron chi connectivity index (χ3n) is 1.90. The van der Waals surface area contributed by atoms with E-state index in [9.17, 15) is 4.79 Å². The second kappa shape index (κ2) is 8.51. The first kappa shape index (κ1) is 12.9. The quantitative estimate of drug-likeness (QED) is 0.395. The highest BCUT2D eigenvalue weighted by Gasteiger charge is 2.06. The van der Waals surface area contributed by atoms with Crippen molar-refractivity contribution < 1.29 is 9.63 Å². The van der Waals surface area contributed by atoms with Crippen LogP contribution in [0.5, 0.6) is 0 Å². The molecule has 3 nitrogen and oxygen atoms in total. The van der Waals surface area contributed by atoms with Gasteiger partial charge in [-0.2, -0.15) is 0 Å². The van der Waals surface area contributed by atoms with E-state index in [-0.39, 0.29) is 5.91 Å². The van der Waals surface area contributed by atoms with Gasteiger partial charge in [0.05, 0.1) is 7.11 Å². The maximum atomic E-state index is 11.2. The fraction of sp³-hybridized carbons (Fsp3) is 0.889. The number of carbonyl (C=O) groups excluding carboxylic acids is 1. The molecule has 4 heteroatoms. The SMILES string of the molecule is CON(C)C(=O)CCCCCCBr. The van der Waals surface area contributed by atoms with Crippen molar-refractivity contribution in [2.45, 2.75) is 32.1 Å². The van der Waals surface area contributed by atoms with E-state index >= 15 is 0 Å². The van der Waals surface area contributed by atoms with Crippen molar-refractivity contribution in [3.05, 3.63) is 0 Å². The van der Waals surface area contributed by atoms with Crippen LogP contribution < -0.4 is 0 Å². The van der Waals surface area contributed by atoms with Crippen LogP contribution in [0, 0.1) is 0 Å². The van der Waals surface area contributed by atoms with Gasteiger partial charge in [-0.1, -0.05) is 28.8 Å². The number of halogens is 1. The molecule has 0 saturated heterocycles. The van der Waals surface area contributed by atoms with E-state index in [1.54, 1.807) is 7.05 Å². The standard InChI is InChI=1S/C9H18BrNO2/c1-11(13-2)9(12)7-5-3-4-6-8-10/h3-8H2,1-2H3. The Hall–Kier alpha value is -0.0900. The Bertz CT molecular complexity index is 142. The van der Waals surface area contributed by atoms with Gasteiger partial charge >= 0.3 is 0 Å². The molecule has 0 spiro atoms. The van der Waals surface area contributed by atoms with Crippen LogP contribution in [-0.4, -0.2) is 30.5 Å². The number of hydrogen-bond acceptors (Lipinski definition) is 2. The normalized spacial score (nSPS) is 10.1. The predicted molar refractivity (Wildman–Crippen MR) is 56.7 cm³/mol. The Balaban J connectivity index is 3.27. The molecule has 0 aromatic rings. The van der Waals surface area contributed by atoms with Crippen molar-refractivity contribution in [2.24, 2.45) is 0 Å². The highest BCUT2D eigenvalue weighted by atomic mass is 79.9. The van der Waals surface area contributed by atoms with Gasteiger partial charge in [0.25, 0.3) is 0 Å². The second-order valence-electron chi connectivity index (χ2n) is 2.93. The number of carbonyl (C=O) groups is 1. The van der Waals surface area contributed by atoms with Crippen molar-refractivity contribution in [3.8, 4) is 0 Å². The van der Waals surface area contributed by atoms with Crippen LogP contribution in [0.1, 0.15) is 32.1 Å². The zero-order valence-electron chi connectivity index (χ0n) is 8.38. The highest BCUT2D eigenvalue weighted by molar-refractivity contribution is 9.09. The molecule has 0 aromatic carbocycles. The minimum absolute atomic E-state index is 0.0568. The number of rotatable bonds is 7. The molecule has 78 valence electrons. The lowest BCUT2D eigenvalue weighted by Crippen LogP contribution is -2.24. The molecule has 0 rings (SSSR count). The van der Waals surface area contributed by atoms with Gasteiger partial charge in [0.15, 0.2) is 0 Å². The van der Waals surface area contributed by atoms with Gasteiger partial charge in [-0.05, 0) is 12.8 Å². The van der Waals surface area contributed by atoms with Crippen molar-refractivity contribution in [3.63, 3.8) is 0 Å². The molecule has 0 N–H and O–H groups in total. The van der Waals surface area contributed by atoms with E-state index in [0.717, 1.165) is 18.2 Å². The number of amides is 1. The van der Waals surface area contributed by atoms with Crippen LogP contribution in [0.4, 0.5) is 0 Å². The smallest absolute Gasteiger partial charge is 0.245 e. The number of nitrogens with zero attached hydrogens (tertiary/aromatic N) is 1. The molecule has 0 bridgehead atoms. The molecule has 0 aromatic heterocycles. The molecule has 0 aliphatic rings. The van der Waals surface area contributed by atoms with E-state index in [1.807, 2.05) is 0 Å². The minimum Gasteiger partial charge on any atom is -0.275 e. The minimum atomic E-state index is 0.0568. The largest absolute Gasteiger partial charge is 0.275 e. The summed E-state index contributed by atoms with van der Waals surface area (Å²) in [4.78, 5) is 16.0. The van der Waals surface area contributed by atoms with Gasteiger partial charge in [-0.15, -0.1) is 0 Å². The second-order valence-corrected chi connectivity index (χ2v) is 3.72. The van der Waals surface area contributed by atoms with Crippen LogP contribution >= 0.6 is 15.9 Å². The van der Waals surface area contributed by atoms with Crippen LogP contribution in [-0.2, 0) is 9.63 Å². The summed E-state index contributed by atoms with van der Waals surface area (Å²) in [5.74, 6) is 0.0568. The van der Waals surface area contributed by atoms with Gasteiger partial charge in [-0.3, -0.25) is 9.63 Å². The Morgan fingerprint density at radius 3 is 2.46 bits per heavy atom. The average molecular weight is 252 g/mol. The first-order valence-corrected chi connectivity index (χ1v) is 5.71. The molecule has 0 aliphatic heterocycles. The summed E-state index contributed by atoms with van der Waals surface area (Å²) in [7, 11) is 3.14. The molecule has 0 unspecified atom stereocenters. The van der Waals surface area contributed by atoms with Crippen molar-refractivity contribution in [2.75, 3.05) is 19.5 Å². The molecule has 1 amide bonds. The molecule has 0 saturated carbocycles. The molecule has 13 heavy (non-hydrogen) atoms. The molecule has 0 fully saturated rings. The van der Waals surface area contributed by atoms with Crippen LogP contribution in [0.25, 0.3) is 0 Å². The first-order chi connectivity index (χ1) is 6.22. The number of alkyl halides is 1. The van der Waals surface area contributed by atoms with Gasteiger partial charge in [-0.25, -0.2) is 5.06 Å². The molecular weight excluding hydrogens is 234 g/mol. The Morgan fingerprint density at radius 1 is 1.31 bits per heavy atom. The lowest BCUT2D eigenvalue weighted by Gasteiger charge is -2.12. The van der Waals surface area contributed by atoms with Gasteiger partial charge in [0.1, 0.15) is 0 Å². The summed E-state index contributed by atoms with van der Waals surface area (Å²) in [5, 5.41) is 2.34. The number of unbranched alkanes of at least 4 members (excludes halogenated alkanes) is 3. The maximum absolute atomic E-state index is 11.2.